The van der Waals surface area contributed by atoms with Crippen LogP contribution in [0.4, 0.5) is 0 Å². The lowest BCUT2D eigenvalue weighted by Gasteiger charge is -2.40. The van der Waals surface area contributed by atoms with E-state index in [0.717, 1.165) is 5.92 Å². The summed E-state index contributed by atoms with van der Waals surface area (Å²) in [6.07, 6.45) is 17.0. The van der Waals surface area contributed by atoms with Crippen LogP contribution in [0.3, 0.4) is 0 Å². The largest absolute Gasteiger partial charge is 0.304 e. The minimum Gasteiger partial charge on any atom is -0.304 e. The van der Waals surface area contributed by atoms with Crippen molar-refractivity contribution in [3.05, 3.63) is 0 Å². The highest BCUT2D eigenvalue weighted by atomic mass is 15.1. The fourth-order valence-electron chi connectivity index (χ4n) is 3.20. The lowest BCUT2D eigenvalue weighted by Crippen LogP contribution is -2.45. The van der Waals surface area contributed by atoms with Crippen molar-refractivity contribution in [3.8, 4) is 0 Å². The second kappa shape index (κ2) is 12.5. The van der Waals surface area contributed by atoms with Crippen molar-refractivity contribution in [2.24, 2.45) is 5.92 Å². The summed E-state index contributed by atoms with van der Waals surface area (Å²) >= 11 is 0. The van der Waals surface area contributed by atoms with E-state index in [1.54, 1.807) is 0 Å². The van der Waals surface area contributed by atoms with Gasteiger partial charge in [0.05, 0.1) is 0 Å². The quantitative estimate of drug-likeness (QED) is 0.324. The zero-order valence-corrected chi connectivity index (χ0v) is 16.0. The van der Waals surface area contributed by atoms with Crippen molar-refractivity contribution >= 4 is 0 Å². The summed E-state index contributed by atoms with van der Waals surface area (Å²) in [5, 5.41) is 0. The number of hydrogen-bond donors (Lipinski definition) is 0. The van der Waals surface area contributed by atoms with E-state index in [0.29, 0.717) is 5.54 Å². The van der Waals surface area contributed by atoms with Gasteiger partial charge in [0.2, 0.25) is 0 Å². The number of unbranched alkanes of at least 4 members (excludes halogenated alkanes) is 8. The molecule has 0 saturated heterocycles. The van der Waals surface area contributed by atoms with E-state index >= 15 is 0 Å². The monoisotopic (exact) mass is 297 g/mol. The Kier molecular flexibility index (Phi) is 12.5. The maximum absolute atomic E-state index is 2.44. The van der Waals surface area contributed by atoms with Crippen LogP contribution in [-0.2, 0) is 0 Å². The van der Waals surface area contributed by atoms with Gasteiger partial charge in [-0.3, -0.25) is 0 Å². The standard InChI is InChI=1S/C20H43N/c1-7-9-11-13-14-16-18-19(17-15-12-10-8-2)20(3,4)21(5)6/h19H,7-18H2,1-6H3. The first-order valence-electron chi connectivity index (χ1n) is 9.64. The van der Waals surface area contributed by atoms with Crippen LogP contribution in [0.2, 0.25) is 0 Å². The molecule has 0 aliphatic rings. The summed E-state index contributed by atoms with van der Waals surface area (Å²) < 4.78 is 0. The first-order chi connectivity index (χ1) is 9.96. The van der Waals surface area contributed by atoms with Crippen LogP contribution in [0.5, 0.6) is 0 Å². The van der Waals surface area contributed by atoms with Crippen LogP contribution in [0.25, 0.3) is 0 Å². The molecular formula is C20H43N. The molecule has 1 heteroatoms. The molecule has 0 bridgehead atoms. The van der Waals surface area contributed by atoms with Crippen LogP contribution in [0, 0.1) is 5.92 Å². The maximum Gasteiger partial charge on any atom is 0.0175 e. The van der Waals surface area contributed by atoms with Crippen molar-refractivity contribution in [2.75, 3.05) is 14.1 Å². The topological polar surface area (TPSA) is 3.24 Å². The van der Waals surface area contributed by atoms with Gasteiger partial charge in [-0.2, -0.15) is 0 Å². The van der Waals surface area contributed by atoms with Gasteiger partial charge in [-0.25, -0.2) is 0 Å². The molecule has 0 aliphatic carbocycles. The number of hydrogen-bond acceptors (Lipinski definition) is 1. The molecule has 0 spiro atoms. The Balaban J connectivity index is 4.13. The average Bonchev–Trinajstić information content (AvgIpc) is 2.44. The lowest BCUT2D eigenvalue weighted by atomic mass is 9.79. The lowest BCUT2D eigenvalue weighted by molar-refractivity contribution is 0.0991. The van der Waals surface area contributed by atoms with Gasteiger partial charge in [0, 0.05) is 5.54 Å². The summed E-state index contributed by atoms with van der Waals surface area (Å²) in [6.45, 7) is 9.48. The summed E-state index contributed by atoms with van der Waals surface area (Å²) in [5.74, 6) is 0.857. The highest BCUT2D eigenvalue weighted by Crippen LogP contribution is 2.31. The van der Waals surface area contributed by atoms with E-state index in [1.807, 2.05) is 0 Å². The van der Waals surface area contributed by atoms with Crippen molar-refractivity contribution in [3.63, 3.8) is 0 Å². The Morgan fingerprint density at radius 1 is 0.667 bits per heavy atom. The van der Waals surface area contributed by atoms with E-state index in [1.165, 1.54) is 77.0 Å². The molecule has 1 atom stereocenters. The van der Waals surface area contributed by atoms with Gasteiger partial charge in [0.15, 0.2) is 0 Å². The molecule has 0 saturated carbocycles. The molecule has 21 heavy (non-hydrogen) atoms. The number of nitrogens with zero attached hydrogens (tertiary/aromatic N) is 1. The minimum absolute atomic E-state index is 0.343. The van der Waals surface area contributed by atoms with Crippen molar-refractivity contribution < 1.29 is 0 Å². The normalized spacial score (nSPS) is 13.9. The highest BCUT2D eigenvalue weighted by molar-refractivity contribution is 4.85. The third-order valence-electron chi connectivity index (χ3n) is 5.46. The molecule has 0 amide bonds. The predicted octanol–water partition coefficient (Wildman–Crippen LogP) is 6.66. The van der Waals surface area contributed by atoms with E-state index in [-0.39, 0.29) is 0 Å². The zero-order chi connectivity index (χ0) is 16.1. The maximum atomic E-state index is 2.44. The van der Waals surface area contributed by atoms with Gasteiger partial charge >= 0.3 is 0 Å². The predicted molar refractivity (Wildman–Crippen MR) is 98.0 cm³/mol. The summed E-state index contributed by atoms with van der Waals surface area (Å²) in [6, 6.07) is 0. The molecule has 0 rings (SSSR count). The Morgan fingerprint density at radius 3 is 1.48 bits per heavy atom. The molecule has 0 fully saturated rings. The molecule has 0 heterocycles. The van der Waals surface area contributed by atoms with Crippen LogP contribution < -0.4 is 0 Å². The molecule has 1 unspecified atom stereocenters. The van der Waals surface area contributed by atoms with Crippen LogP contribution in [0.1, 0.15) is 105 Å². The highest BCUT2D eigenvalue weighted by Gasteiger charge is 2.30. The van der Waals surface area contributed by atoms with E-state index in [2.05, 4.69) is 46.7 Å². The molecular weight excluding hydrogens is 254 g/mol. The fraction of sp³-hybridized carbons (Fsp3) is 1.00. The summed E-state index contributed by atoms with van der Waals surface area (Å²) in [7, 11) is 4.50. The molecule has 1 nitrogen and oxygen atoms in total. The van der Waals surface area contributed by atoms with E-state index in [9.17, 15) is 0 Å². The molecule has 0 aliphatic heterocycles. The van der Waals surface area contributed by atoms with Crippen LogP contribution in [0.15, 0.2) is 0 Å². The van der Waals surface area contributed by atoms with Gasteiger partial charge in [-0.05, 0) is 46.7 Å². The van der Waals surface area contributed by atoms with Gasteiger partial charge in [-0.1, -0.05) is 78.1 Å². The van der Waals surface area contributed by atoms with Gasteiger partial charge < -0.3 is 4.90 Å². The molecule has 0 aromatic rings. The Bertz CT molecular complexity index is 220. The minimum atomic E-state index is 0.343. The van der Waals surface area contributed by atoms with Crippen molar-refractivity contribution in [1.82, 2.24) is 4.90 Å². The Labute approximate surface area is 135 Å². The zero-order valence-electron chi connectivity index (χ0n) is 16.0. The second-order valence-electron chi connectivity index (χ2n) is 7.65. The van der Waals surface area contributed by atoms with Gasteiger partial charge in [0.25, 0.3) is 0 Å². The fourth-order valence-corrected chi connectivity index (χ4v) is 3.20. The van der Waals surface area contributed by atoms with Gasteiger partial charge in [-0.15, -0.1) is 0 Å². The summed E-state index contributed by atoms with van der Waals surface area (Å²) in [5.41, 5.74) is 0.343. The van der Waals surface area contributed by atoms with Crippen molar-refractivity contribution in [2.45, 2.75) is 110 Å². The first-order valence-corrected chi connectivity index (χ1v) is 9.64. The molecule has 0 aromatic carbocycles. The second-order valence-corrected chi connectivity index (χ2v) is 7.65. The van der Waals surface area contributed by atoms with Crippen molar-refractivity contribution in [1.29, 1.82) is 0 Å². The van der Waals surface area contributed by atoms with E-state index in [4.69, 9.17) is 0 Å². The molecule has 0 N–H and O–H groups in total. The SMILES string of the molecule is CCCCCCCCC(CCCCCC)C(C)(C)N(C)C. The van der Waals surface area contributed by atoms with Crippen LogP contribution >= 0.6 is 0 Å². The summed E-state index contributed by atoms with van der Waals surface area (Å²) in [4.78, 5) is 2.44. The van der Waals surface area contributed by atoms with E-state index < -0.39 is 0 Å². The average molecular weight is 298 g/mol. The molecule has 128 valence electrons. The Morgan fingerprint density at radius 2 is 1.05 bits per heavy atom. The smallest absolute Gasteiger partial charge is 0.0175 e. The first kappa shape index (κ1) is 21.0. The third kappa shape index (κ3) is 9.55. The van der Waals surface area contributed by atoms with Crippen LogP contribution in [-0.4, -0.2) is 24.5 Å². The number of rotatable bonds is 14. The molecule has 0 aromatic heterocycles. The molecule has 0 radical (unpaired) electrons. The third-order valence-corrected chi connectivity index (χ3v) is 5.46. The Hall–Kier alpha value is -0.0400. The van der Waals surface area contributed by atoms with Gasteiger partial charge in [0.1, 0.15) is 0 Å².